The zero-order valence-electron chi connectivity index (χ0n) is 21.9. The average molecular weight is 641 g/mol. The molecule has 0 saturated carbocycles. The van der Waals surface area contributed by atoms with Crippen molar-refractivity contribution >= 4 is 43.5 Å². The third kappa shape index (κ3) is 8.56. The lowest BCUT2D eigenvalue weighted by molar-refractivity contribution is -0.140. The number of rotatable bonds is 11. The van der Waals surface area contributed by atoms with E-state index in [1.807, 2.05) is 6.07 Å². The van der Waals surface area contributed by atoms with Crippen LogP contribution in [0, 0.1) is 0 Å². The second kappa shape index (κ2) is 13.3. The Morgan fingerprint density at radius 1 is 0.950 bits per heavy atom. The van der Waals surface area contributed by atoms with Crippen LogP contribution in [0.3, 0.4) is 0 Å². The third-order valence-corrected chi connectivity index (χ3v) is 7.70. The van der Waals surface area contributed by atoms with Crippen LogP contribution in [0.1, 0.15) is 23.6 Å². The lowest BCUT2D eigenvalue weighted by Gasteiger charge is -2.33. The van der Waals surface area contributed by atoms with Crippen molar-refractivity contribution < 1.29 is 31.2 Å². The molecule has 214 valence electrons. The second-order valence-electron chi connectivity index (χ2n) is 9.07. The summed E-state index contributed by atoms with van der Waals surface area (Å²) in [6.45, 7) is 1.18. The number of anilines is 1. The van der Waals surface area contributed by atoms with Crippen molar-refractivity contribution in [2.75, 3.05) is 23.7 Å². The van der Waals surface area contributed by atoms with E-state index in [2.05, 4.69) is 21.2 Å². The Bertz CT molecular complexity index is 1420. The number of nitrogens with zero attached hydrogens (tertiary/aromatic N) is 2. The summed E-state index contributed by atoms with van der Waals surface area (Å²) in [6, 6.07) is 18.8. The summed E-state index contributed by atoms with van der Waals surface area (Å²) in [4.78, 5) is 28.4. The number of benzene rings is 3. The molecule has 0 heterocycles. The first-order chi connectivity index (χ1) is 18.8. The molecule has 1 N–H and O–H groups in total. The minimum absolute atomic E-state index is 0.0407. The summed E-state index contributed by atoms with van der Waals surface area (Å²) in [6.07, 6.45) is -3.77. The Kier molecular flexibility index (Phi) is 10.4. The molecule has 0 aliphatic rings. The number of nitrogens with one attached hydrogen (secondary N) is 1. The van der Waals surface area contributed by atoms with Gasteiger partial charge in [-0.2, -0.15) is 13.2 Å². The van der Waals surface area contributed by atoms with Gasteiger partial charge in [-0.05, 0) is 48.4 Å². The Labute approximate surface area is 240 Å². The van der Waals surface area contributed by atoms with E-state index in [0.29, 0.717) is 22.5 Å². The molecule has 3 rings (SSSR count). The summed E-state index contributed by atoms with van der Waals surface area (Å²) in [5.41, 5.74) is 0.0723. The largest absolute Gasteiger partial charge is 0.416 e. The first-order valence-electron chi connectivity index (χ1n) is 12.3. The van der Waals surface area contributed by atoms with E-state index in [-0.39, 0.29) is 18.7 Å². The van der Waals surface area contributed by atoms with Gasteiger partial charge in [0.2, 0.25) is 21.8 Å². The van der Waals surface area contributed by atoms with Crippen molar-refractivity contribution in [3.05, 3.63) is 100 Å². The Balaban J connectivity index is 2.06. The van der Waals surface area contributed by atoms with E-state index in [1.165, 1.54) is 11.0 Å². The third-order valence-electron chi connectivity index (χ3n) is 6.03. The van der Waals surface area contributed by atoms with Crippen molar-refractivity contribution in [1.82, 2.24) is 10.2 Å². The maximum atomic E-state index is 13.9. The van der Waals surface area contributed by atoms with Gasteiger partial charge in [0.05, 0.1) is 17.5 Å². The smallest absolute Gasteiger partial charge is 0.355 e. The van der Waals surface area contributed by atoms with Gasteiger partial charge in [0.1, 0.15) is 12.6 Å². The van der Waals surface area contributed by atoms with Gasteiger partial charge in [0.25, 0.3) is 0 Å². The molecule has 40 heavy (non-hydrogen) atoms. The van der Waals surface area contributed by atoms with Crippen molar-refractivity contribution in [3.8, 4) is 0 Å². The van der Waals surface area contributed by atoms with Crippen LogP contribution in [0.5, 0.6) is 0 Å². The van der Waals surface area contributed by atoms with Crippen molar-refractivity contribution in [1.29, 1.82) is 0 Å². The molecule has 0 bridgehead atoms. The molecule has 1 unspecified atom stereocenters. The summed E-state index contributed by atoms with van der Waals surface area (Å²) in [5, 5.41) is 2.74. The van der Waals surface area contributed by atoms with E-state index in [4.69, 9.17) is 0 Å². The highest BCUT2D eigenvalue weighted by Crippen LogP contribution is 2.32. The SMILES string of the molecule is CCNC(=O)C(Cc1ccccc1)N(Cc1ccc(Br)cc1)C(=O)CN(c1cccc(C(F)(F)F)c1)S(C)(=O)=O. The molecule has 3 aromatic rings. The van der Waals surface area contributed by atoms with Crippen LogP contribution in [0.2, 0.25) is 0 Å². The molecular weight excluding hydrogens is 611 g/mol. The van der Waals surface area contributed by atoms with Gasteiger partial charge in [-0.15, -0.1) is 0 Å². The fourth-order valence-corrected chi connectivity index (χ4v) is 5.19. The highest BCUT2D eigenvalue weighted by Gasteiger charge is 2.34. The Morgan fingerprint density at radius 3 is 2.17 bits per heavy atom. The van der Waals surface area contributed by atoms with Crippen LogP contribution in [-0.4, -0.2) is 50.5 Å². The van der Waals surface area contributed by atoms with Gasteiger partial charge in [-0.25, -0.2) is 8.42 Å². The number of hydrogen-bond acceptors (Lipinski definition) is 4. The van der Waals surface area contributed by atoms with Crippen LogP contribution in [0.15, 0.2) is 83.3 Å². The lowest BCUT2D eigenvalue weighted by atomic mass is 10.0. The summed E-state index contributed by atoms with van der Waals surface area (Å²) >= 11 is 3.36. The number of amides is 2. The van der Waals surface area contributed by atoms with Crippen LogP contribution in [0.25, 0.3) is 0 Å². The van der Waals surface area contributed by atoms with Crippen molar-refractivity contribution in [2.45, 2.75) is 32.1 Å². The molecule has 0 spiro atoms. The number of carbonyl (C=O) groups is 2. The number of hydrogen-bond donors (Lipinski definition) is 1. The summed E-state index contributed by atoms with van der Waals surface area (Å²) in [7, 11) is -4.19. The molecule has 2 amide bonds. The molecule has 0 aliphatic carbocycles. The number of halogens is 4. The van der Waals surface area contributed by atoms with Gasteiger partial charge in [0.15, 0.2) is 0 Å². The molecule has 0 saturated heterocycles. The monoisotopic (exact) mass is 639 g/mol. The van der Waals surface area contributed by atoms with Gasteiger partial charge >= 0.3 is 6.18 Å². The molecule has 3 aromatic carbocycles. The molecule has 1 atom stereocenters. The maximum absolute atomic E-state index is 13.9. The normalized spacial score (nSPS) is 12.4. The van der Waals surface area contributed by atoms with Crippen LogP contribution in [-0.2, 0) is 38.8 Å². The highest BCUT2D eigenvalue weighted by molar-refractivity contribution is 9.10. The molecule has 0 aliphatic heterocycles. The van der Waals surface area contributed by atoms with E-state index < -0.39 is 46.2 Å². The van der Waals surface area contributed by atoms with Gasteiger partial charge in [-0.3, -0.25) is 13.9 Å². The number of carbonyl (C=O) groups excluding carboxylic acids is 2. The number of alkyl halides is 3. The van der Waals surface area contributed by atoms with E-state index in [9.17, 15) is 31.2 Å². The van der Waals surface area contributed by atoms with Crippen LogP contribution < -0.4 is 9.62 Å². The predicted molar refractivity (Wildman–Crippen MR) is 151 cm³/mol. The van der Waals surface area contributed by atoms with Gasteiger partial charge in [0, 0.05) is 24.0 Å². The predicted octanol–water partition coefficient (Wildman–Crippen LogP) is 5.01. The minimum Gasteiger partial charge on any atom is -0.355 e. The fourth-order valence-electron chi connectivity index (χ4n) is 4.08. The van der Waals surface area contributed by atoms with Gasteiger partial charge < -0.3 is 10.2 Å². The topological polar surface area (TPSA) is 86.8 Å². The number of sulfonamides is 1. The zero-order valence-corrected chi connectivity index (χ0v) is 24.3. The molecule has 0 aromatic heterocycles. The first-order valence-corrected chi connectivity index (χ1v) is 14.9. The van der Waals surface area contributed by atoms with Crippen molar-refractivity contribution in [3.63, 3.8) is 0 Å². The molecule has 7 nitrogen and oxygen atoms in total. The fraction of sp³-hybridized carbons (Fsp3) is 0.286. The van der Waals surface area contributed by atoms with Crippen molar-refractivity contribution in [2.24, 2.45) is 0 Å². The van der Waals surface area contributed by atoms with Crippen LogP contribution >= 0.6 is 15.9 Å². The summed E-state index contributed by atoms with van der Waals surface area (Å²) in [5.74, 6) is -1.19. The summed E-state index contributed by atoms with van der Waals surface area (Å²) < 4.78 is 67.0. The van der Waals surface area contributed by atoms with E-state index in [1.54, 1.807) is 55.5 Å². The average Bonchev–Trinajstić information content (AvgIpc) is 2.90. The zero-order chi connectivity index (χ0) is 29.5. The second-order valence-corrected chi connectivity index (χ2v) is 11.9. The highest BCUT2D eigenvalue weighted by atomic mass is 79.9. The standard InChI is InChI=1S/C28H29BrF3N3O4S/c1-3-33-27(37)25(16-20-8-5-4-6-9-20)34(18-21-12-14-23(29)15-13-21)26(36)19-35(40(2,38)39)24-11-7-10-22(17-24)28(30,31)32/h4-15,17,25H,3,16,18-19H2,1-2H3,(H,33,37). The van der Waals surface area contributed by atoms with E-state index >= 15 is 0 Å². The molecule has 12 heteroatoms. The number of likely N-dealkylation sites (N-methyl/N-ethyl adjacent to an activating group) is 1. The quantitative estimate of drug-likeness (QED) is 0.320. The lowest BCUT2D eigenvalue weighted by Crippen LogP contribution is -2.53. The van der Waals surface area contributed by atoms with Gasteiger partial charge in [-0.1, -0.05) is 64.5 Å². The minimum atomic E-state index is -4.71. The van der Waals surface area contributed by atoms with Crippen LogP contribution in [0.4, 0.5) is 18.9 Å². The molecule has 0 fully saturated rings. The Morgan fingerprint density at radius 2 is 1.60 bits per heavy atom. The molecule has 0 radical (unpaired) electrons. The maximum Gasteiger partial charge on any atom is 0.416 e. The Hall–Kier alpha value is -3.38. The molecular formula is C28H29BrF3N3O4S. The first kappa shape index (κ1) is 31.2. The van der Waals surface area contributed by atoms with E-state index in [0.717, 1.165) is 28.4 Å².